The van der Waals surface area contributed by atoms with Crippen LogP contribution in [0.1, 0.15) is 17.2 Å². The summed E-state index contributed by atoms with van der Waals surface area (Å²) >= 11 is 0. The summed E-state index contributed by atoms with van der Waals surface area (Å²) in [6.45, 7) is 2.62. The smallest absolute Gasteiger partial charge is 0.317 e. The average molecular weight is 250 g/mol. The molecule has 1 saturated heterocycles. The summed E-state index contributed by atoms with van der Waals surface area (Å²) in [4.78, 5) is 13.2. The lowest BCUT2D eigenvalue weighted by Gasteiger charge is -2.21. The van der Waals surface area contributed by atoms with E-state index >= 15 is 0 Å². The molecule has 0 spiro atoms. The summed E-state index contributed by atoms with van der Waals surface area (Å²) in [5.41, 5.74) is 2.16. The number of methoxy groups -OCH3 is 2. The van der Waals surface area contributed by atoms with Gasteiger partial charge in [-0.3, -0.25) is 0 Å². The standard InChI is InChI=1S/C13H18N2O3/c1-8-5-11(17-3)12(18-4)6-9(8)10-7-14-13(16)15(10)2/h5-6,10H,7H2,1-4H3,(H,14,16). The van der Waals surface area contributed by atoms with E-state index in [0.717, 1.165) is 11.1 Å². The van der Waals surface area contributed by atoms with Gasteiger partial charge in [0.2, 0.25) is 0 Å². The highest BCUT2D eigenvalue weighted by Crippen LogP contribution is 2.35. The second-order valence-corrected chi connectivity index (χ2v) is 4.38. The number of carbonyl (C=O) groups is 1. The molecular formula is C13H18N2O3. The Hall–Kier alpha value is -1.91. The fourth-order valence-electron chi connectivity index (χ4n) is 2.26. The van der Waals surface area contributed by atoms with Crippen LogP contribution in [0.5, 0.6) is 11.5 Å². The van der Waals surface area contributed by atoms with Crippen molar-refractivity contribution in [3.63, 3.8) is 0 Å². The van der Waals surface area contributed by atoms with Crippen LogP contribution >= 0.6 is 0 Å². The topological polar surface area (TPSA) is 50.8 Å². The normalized spacial score (nSPS) is 18.8. The minimum atomic E-state index is -0.0471. The summed E-state index contributed by atoms with van der Waals surface area (Å²) in [6, 6.07) is 3.87. The third-order valence-corrected chi connectivity index (χ3v) is 3.37. The lowest BCUT2D eigenvalue weighted by molar-refractivity contribution is 0.216. The van der Waals surface area contributed by atoms with Gasteiger partial charge < -0.3 is 19.7 Å². The highest BCUT2D eigenvalue weighted by atomic mass is 16.5. The maximum Gasteiger partial charge on any atom is 0.317 e. The van der Waals surface area contributed by atoms with E-state index < -0.39 is 0 Å². The van der Waals surface area contributed by atoms with Gasteiger partial charge in [0.1, 0.15) is 0 Å². The largest absolute Gasteiger partial charge is 0.493 e. The van der Waals surface area contributed by atoms with E-state index in [0.29, 0.717) is 18.0 Å². The molecule has 0 saturated carbocycles. The number of urea groups is 1. The highest BCUT2D eigenvalue weighted by Gasteiger charge is 2.30. The number of hydrogen-bond acceptors (Lipinski definition) is 3. The van der Waals surface area contributed by atoms with Crippen LogP contribution in [0.15, 0.2) is 12.1 Å². The summed E-state index contributed by atoms with van der Waals surface area (Å²) in [5, 5.41) is 2.83. The number of likely N-dealkylation sites (N-methyl/N-ethyl adjacent to an activating group) is 1. The Bertz CT molecular complexity index is 474. The number of rotatable bonds is 3. The Morgan fingerprint density at radius 3 is 2.39 bits per heavy atom. The molecule has 18 heavy (non-hydrogen) atoms. The molecule has 5 nitrogen and oxygen atoms in total. The molecule has 1 unspecified atom stereocenters. The highest BCUT2D eigenvalue weighted by molar-refractivity contribution is 5.77. The molecule has 1 aromatic carbocycles. The lowest BCUT2D eigenvalue weighted by Crippen LogP contribution is -2.25. The third-order valence-electron chi connectivity index (χ3n) is 3.37. The van der Waals surface area contributed by atoms with Crippen molar-refractivity contribution in [2.45, 2.75) is 13.0 Å². The predicted octanol–water partition coefficient (Wildman–Crippen LogP) is 1.71. The van der Waals surface area contributed by atoms with Gasteiger partial charge in [-0.05, 0) is 30.2 Å². The summed E-state index contributed by atoms with van der Waals surface area (Å²) in [7, 11) is 5.02. The predicted molar refractivity (Wildman–Crippen MR) is 68.2 cm³/mol. The van der Waals surface area contributed by atoms with Crippen molar-refractivity contribution < 1.29 is 14.3 Å². The summed E-state index contributed by atoms with van der Waals surface area (Å²) < 4.78 is 10.6. The Morgan fingerprint density at radius 1 is 1.28 bits per heavy atom. The Kier molecular flexibility index (Phi) is 3.32. The van der Waals surface area contributed by atoms with E-state index in [1.165, 1.54) is 0 Å². The van der Waals surface area contributed by atoms with Crippen molar-refractivity contribution in [2.24, 2.45) is 0 Å². The molecule has 5 heteroatoms. The zero-order valence-electron chi connectivity index (χ0n) is 11.1. The van der Waals surface area contributed by atoms with E-state index in [4.69, 9.17) is 9.47 Å². The van der Waals surface area contributed by atoms with E-state index in [9.17, 15) is 4.79 Å². The zero-order chi connectivity index (χ0) is 13.3. The molecule has 1 fully saturated rings. The van der Waals surface area contributed by atoms with Gasteiger partial charge in [-0.15, -0.1) is 0 Å². The number of hydrogen-bond donors (Lipinski definition) is 1. The van der Waals surface area contributed by atoms with Gasteiger partial charge in [0.25, 0.3) is 0 Å². The first-order valence-corrected chi connectivity index (χ1v) is 5.81. The number of ether oxygens (including phenoxy) is 2. The molecule has 2 amide bonds. The van der Waals surface area contributed by atoms with E-state index in [1.54, 1.807) is 26.2 Å². The van der Waals surface area contributed by atoms with Gasteiger partial charge in [-0.1, -0.05) is 0 Å². The Morgan fingerprint density at radius 2 is 1.89 bits per heavy atom. The van der Waals surface area contributed by atoms with Crippen LogP contribution < -0.4 is 14.8 Å². The number of carbonyl (C=O) groups excluding carboxylic acids is 1. The quantitative estimate of drug-likeness (QED) is 0.888. The number of nitrogens with zero attached hydrogens (tertiary/aromatic N) is 1. The zero-order valence-corrected chi connectivity index (χ0v) is 11.1. The van der Waals surface area contributed by atoms with Gasteiger partial charge in [0.15, 0.2) is 11.5 Å². The first-order chi connectivity index (χ1) is 8.58. The Balaban J connectivity index is 2.42. The summed E-state index contributed by atoms with van der Waals surface area (Å²) in [5.74, 6) is 1.39. The molecule has 0 bridgehead atoms. The van der Waals surface area contributed by atoms with Gasteiger partial charge >= 0.3 is 6.03 Å². The lowest BCUT2D eigenvalue weighted by atomic mass is 10.00. The molecule has 1 N–H and O–H groups in total. The molecule has 1 aliphatic heterocycles. The van der Waals surface area contributed by atoms with Crippen molar-refractivity contribution in [3.05, 3.63) is 23.3 Å². The van der Waals surface area contributed by atoms with Crippen molar-refractivity contribution in [1.29, 1.82) is 0 Å². The van der Waals surface area contributed by atoms with E-state index in [1.807, 2.05) is 19.1 Å². The van der Waals surface area contributed by atoms with Gasteiger partial charge in [-0.2, -0.15) is 0 Å². The molecular weight excluding hydrogens is 232 g/mol. The van der Waals surface area contributed by atoms with Gasteiger partial charge in [0, 0.05) is 13.6 Å². The SMILES string of the molecule is COc1cc(C)c(C2CNC(=O)N2C)cc1OC. The first kappa shape index (κ1) is 12.5. The monoisotopic (exact) mass is 250 g/mol. The van der Waals surface area contributed by atoms with Crippen molar-refractivity contribution in [2.75, 3.05) is 27.8 Å². The third kappa shape index (κ3) is 1.96. The van der Waals surface area contributed by atoms with Crippen molar-refractivity contribution in [1.82, 2.24) is 10.2 Å². The molecule has 1 atom stereocenters. The minimum absolute atomic E-state index is 0.0392. The number of amides is 2. The van der Waals surface area contributed by atoms with Crippen molar-refractivity contribution in [3.8, 4) is 11.5 Å². The van der Waals surface area contributed by atoms with Crippen LogP contribution in [0.4, 0.5) is 4.79 Å². The van der Waals surface area contributed by atoms with Crippen LogP contribution in [-0.2, 0) is 0 Å². The van der Waals surface area contributed by atoms with Crippen LogP contribution in [-0.4, -0.2) is 38.7 Å². The van der Waals surface area contributed by atoms with E-state index in [-0.39, 0.29) is 12.1 Å². The van der Waals surface area contributed by atoms with Gasteiger partial charge in [0.05, 0.1) is 20.3 Å². The fourth-order valence-corrected chi connectivity index (χ4v) is 2.26. The number of benzene rings is 1. The maximum atomic E-state index is 11.5. The molecule has 0 aliphatic carbocycles. The van der Waals surface area contributed by atoms with Crippen LogP contribution in [0.3, 0.4) is 0 Å². The van der Waals surface area contributed by atoms with Crippen molar-refractivity contribution >= 4 is 6.03 Å². The molecule has 1 aromatic rings. The minimum Gasteiger partial charge on any atom is -0.493 e. The second kappa shape index (κ2) is 4.76. The molecule has 0 aromatic heterocycles. The maximum absolute atomic E-state index is 11.5. The average Bonchev–Trinajstić information content (AvgIpc) is 2.70. The molecule has 2 rings (SSSR count). The first-order valence-electron chi connectivity index (χ1n) is 5.81. The molecule has 1 aliphatic rings. The van der Waals surface area contributed by atoms with Crippen LogP contribution in [0.25, 0.3) is 0 Å². The Labute approximate surface area is 107 Å². The molecule has 1 heterocycles. The van der Waals surface area contributed by atoms with Crippen LogP contribution in [0.2, 0.25) is 0 Å². The fraction of sp³-hybridized carbons (Fsp3) is 0.462. The number of aryl methyl sites for hydroxylation is 1. The van der Waals surface area contributed by atoms with Gasteiger partial charge in [-0.25, -0.2) is 4.79 Å². The summed E-state index contributed by atoms with van der Waals surface area (Å²) in [6.07, 6.45) is 0. The number of nitrogens with one attached hydrogen (secondary N) is 1. The molecule has 0 radical (unpaired) electrons. The molecule has 98 valence electrons. The second-order valence-electron chi connectivity index (χ2n) is 4.38. The van der Waals surface area contributed by atoms with E-state index in [2.05, 4.69) is 5.32 Å². The van der Waals surface area contributed by atoms with Crippen LogP contribution in [0, 0.1) is 6.92 Å².